The van der Waals surface area contributed by atoms with E-state index >= 15 is 0 Å². The number of aliphatic hydroxyl groups excluding tert-OH is 1. The van der Waals surface area contributed by atoms with Gasteiger partial charge in [0.05, 0.1) is 23.7 Å². The molecule has 0 radical (unpaired) electrons. The Morgan fingerprint density at radius 2 is 2.00 bits per heavy atom. The number of fused-ring (bicyclic) bond motifs is 1. The molecular weight excluding hydrogens is 402 g/mol. The van der Waals surface area contributed by atoms with Crippen LogP contribution in [0, 0.1) is 5.92 Å². The fraction of sp³-hybridized carbons (Fsp3) is 0.409. The summed E-state index contributed by atoms with van der Waals surface area (Å²) in [5, 5.41) is 15.3. The van der Waals surface area contributed by atoms with E-state index in [1.165, 1.54) is 0 Å². The third kappa shape index (κ3) is 4.72. The van der Waals surface area contributed by atoms with E-state index in [4.69, 9.17) is 5.11 Å². The van der Waals surface area contributed by atoms with Crippen LogP contribution in [-0.4, -0.2) is 65.8 Å². The minimum atomic E-state index is -2.71. The van der Waals surface area contributed by atoms with E-state index in [0.29, 0.717) is 35.6 Å². The van der Waals surface area contributed by atoms with Crippen molar-refractivity contribution in [2.75, 3.05) is 50.1 Å². The number of likely N-dealkylation sites (N-methyl/N-ethyl adjacent to an activating group) is 1. The van der Waals surface area contributed by atoms with Crippen LogP contribution < -0.4 is 15.5 Å². The maximum atomic E-state index is 14.2. The number of alkyl halides is 2. The number of nitrogens with one attached hydrogen (secondary N) is 2. The van der Waals surface area contributed by atoms with Gasteiger partial charge in [-0.1, -0.05) is 12.1 Å². The van der Waals surface area contributed by atoms with Gasteiger partial charge in [-0.05, 0) is 18.2 Å². The number of benzene rings is 1. The van der Waals surface area contributed by atoms with E-state index in [1.54, 1.807) is 12.4 Å². The number of aromatic nitrogens is 3. The number of nitrogens with zero attached hydrogens (tertiary/aromatic N) is 4. The summed E-state index contributed by atoms with van der Waals surface area (Å²) in [6, 6.07) is 9.63. The Hall–Kier alpha value is -2.91. The topological polar surface area (TPSA) is 86.2 Å². The summed E-state index contributed by atoms with van der Waals surface area (Å²) >= 11 is 0. The van der Waals surface area contributed by atoms with Crippen LogP contribution in [0.3, 0.4) is 0 Å². The summed E-state index contributed by atoms with van der Waals surface area (Å²) in [7, 11) is 1.91. The smallest absolute Gasteiger partial charge is 0.255 e. The zero-order valence-corrected chi connectivity index (χ0v) is 17.4. The van der Waals surface area contributed by atoms with Gasteiger partial charge in [0.2, 0.25) is 0 Å². The predicted octanol–water partition coefficient (Wildman–Crippen LogP) is 2.78. The molecule has 7 nitrogen and oxygen atoms in total. The Morgan fingerprint density at radius 3 is 2.74 bits per heavy atom. The Morgan fingerprint density at radius 1 is 1.23 bits per heavy atom. The lowest BCUT2D eigenvalue weighted by molar-refractivity contribution is -0.0728. The summed E-state index contributed by atoms with van der Waals surface area (Å²) < 4.78 is 28.5. The van der Waals surface area contributed by atoms with Crippen molar-refractivity contribution < 1.29 is 13.9 Å². The molecule has 0 amide bonds. The lowest BCUT2D eigenvalue weighted by Gasteiger charge is -2.32. The van der Waals surface area contributed by atoms with E-state index < -0.39 is 11.8 Å². The Bertz CT molecular complexity index is 1030. The summed E-state index contributed by atoms with van der Waals surface area (Å²) in [6.07, 6.45) is 3.00. The van der Waals surface area contributed by atoms with Crippen LogP contribution in [0.5, 0.6) is 0 Å². The summed E-state index contributed by atoms with van der Waals surface area (Å²) in [5.41, 5.74) is 3.73. The largest absolute Gasteiger partial charge is 0.395 e. The van der Waals surface area contributed by atoms with Crippen molar-refractivity contribution >= 4 is 22.5 Å². The van der Waals surface area contributed by atoms with Gasteiger partial charge in [0.25, 0.3) is 5.92 Å². The highest BCUT2D eigenvalue weighted by atomic mass is 19.3. The van der Waals surface area contributed by atoms with Gasteiger partial charge in [-0.2, -0.15) is 0 Å². The molecule has 9 heteroatoms. The van der Waals surface area contributed by atoms with Gasteiger partial charge in [-0.25, -0.2) is 18.7 Å². The van der Waals surface area contributed by atoms with Gasteiger partial charge in [0, 0.05) is 63.3 Å². The lowest BCUT2D eigenvalue weighted by Crippen LogP contribution is -2.47. The Kier molecular flexibility index (Phi) is 6.24. The highest BCUT2D eigenvalue weighted by molar-refractivity contribution is 5.88. The third-order valence-corrected chi connectivity index (χ3v) is 5.63. The van der Waals surface area contributed by atoms with Gasteiger partial charge in [-0.3, -0.25) is 4.98 Å². The lowest BCUT2D eigenvalue weighted by atomic mass is 9.95. The second-order valence-electron chi connectivity index (χ2n) is 7.77. The summed E-state index contributed by atoms with van der Waals surface area (Å²) in [4.78, 5) is 15.4. The molecular formula is C22H26F2N6O. The van der Waals surface area contributed by atoms with E-state index in [-0.39, 0.29) is 26.1 Å². The minimum Gasteiger partial charge on any atom is -0.395 e. The second-order valence-corrected chi connectivity index (χ2v) is 7.77. The normalized spacial score (nSPS) is 18.1. The molecule has 3 N–H and O–H groups in total. The predicted molar refractivity (Wildman–Crippen MR) is 118 cm³/mol. The van der Waals surface area contributed by atoms with Crippen molar-refractivity contribution in [2.45, 2.75) is 12.3 Å². The monoisotopic (exact) mass is 428 g/mol. The molecule has 1 aromatic carbocycles. The molecule has 4 rings (SSSR count). The number of aliphatic hydroxyl groups is 1. The zero-order valence-electron chi connectivity index (χ0n) is 17.4. The quantitative estimate of drug-likeness (QED) is 0.534. The number of pyridine rings is 1. The molecule has 1 atom stereocenters. The van der Waals surface area contributed by atoms with Gasteiger partial charge in [0.1, 0.15) is 5.52 Å². The van der Waals surface area contributed by atoms with Gasteiger partial charge in [-0.15, -0.1) is 0 Å². The average molecular weight is 428 g/mol. The van der Waals surface area contributed by atoms with Crippen LogP contribution in [0.4, 0.5) is 20.3 Å². The first kappa shape index (κ1) is 21.3. The van der Waals surface area contributed by atoms with Crippen molar-refractivity contribution in [1.82, 2.24) is 20.3 Å². The van der Waals surface area contributed by atoms with Crippen LogP contribution in [0.1, 0.15) is 6.42 Å². The van der Waals surface area contributed by atoms with Crippen molar-refractivity contribution in [3.05, 3.63) is 42.7 Å². The van der Waals surface area contributed by atoms with Gasteiger partial charge >= 0.3 is 0 Å². The number of anilines is 2. The molecule has 1 saturated heterocycles. The van der Waals surface area contributed by atoms with E-state index in [2.05, 4.69) is 25.6 Å². The van der Waals surface area contributed by atoms with Crippen molar-refractivity contribution in [2.24, 2.45) is 5.92 Å². The summed E-state index contributed by atoms with van der Waals surface area (Å²) in [6.45, 7) is 1.29. The maximum absolute atomic E-state index is 14.2. The van der Waals surface area contributed by atoms with Crippen LogP contribution >= 0.6 is 0 Å². The molecule has 3 heterocycles. The summed E-state index contributed by atoms with van der Waals surface area (Å²) in [5.74, 6) is -3.09. The number of hydrogen-bond acceptors (Lipinski definition) is 7. The number of piperidine rings is 1. The molecule has 0 spiro atoms. The highest BCUT2D eigenvalue weighted by Gasteiger charge is 2.41. The fourth-order valence-corrected chi connectivity index (χ4v) is 3.74. The molecule has 3 aromatic rings. The Labute approximate surface area is 179 Å². The molecule has 2 aromatic heterocycles. The van der Waals surface area contributed by atoms with E-state index in [0.717, 1.165) is 11.3 Å². The zero-order chi connectivity index (χ0) is 21.8. The molecule has 1 aliphatic rings. The van der Waals surface area contributed by atoms with Crippen molar-refractivity contribution in [1.29, 1.82) is 0 Å². The van der Waals surface area contributed by atoms with Crippen molar-refractivity contribution in [3.63, 3.8) is 0 Å². The van der Waals surface area contributed by atoms with Crippen LogP contribution in [-0.2, 0) is 0 Å². The van der Waals surface area contributed by atoms with Crippen LogP contribution in [0.15, 0.2) is 42.7 Å². The molecule has 0 saturated carbocycles. The third-order valence-electron chi connectivity index (χ3n) is 5.63. The maximum Gasteiger partial charge on any atom is 0.255 e. The van der Waals surface area contributed by atoms with E-state index in [9.17, 15) is 8.78 Å². The fourth-order valence-electron chi connectivity index (χ4n) is 3.74. The number of halogens is 2. The van der Waals surface area contributed by atoms with Gasteiger partial charge < -0.3 is 20.6 Å². The van der Waals surface area contributed by atoms with E-state index in [1.807, 2.05) is 42.3 Å². The molecule has 31 heavy (non-hydrogen) atoms. The first-order valence-electron chi connectivity index (χ1n) is 10.3. The molecule has 1 aliphatic heterocycles. The Balaban J connectivity index is 1.62. The van der Waals surface area contributed by atoms with Crippen molar-refractivity contribution in [3.8, 4) is 11.3 Å². The molecule has 1 fully saturated rings. The van der Waals surface area contributed by atoms with Crippen LogP contribution in [0.25, 0.3) is 22.3 Å². The number of hydrogen-bond donors (Lipinski definition) is 3. The molecule has 0 aliphatic carbocycles. The number of rotatable bonds is 7. The molecule has 164 valence electrons. The first-order chi connectivity index (χ1) is 15.0. The molecule has 0 bridgehead atoms. The standard InChI is InChI=1S/C22H26F2N6O/c1-30(10-11-31)17-4-2-15(3-5-17)18-12-19-20(27-9-8-26-19)21(29-18)28-14-16-13-25-7-6-22(16,23)24/h2-5,8-9,12,16,25,31H,6-7,10-11,13-14H2,1H3,(H,28,29). The average Bonchev–Trinajstić information content (AvgIpc) is 2.78. The second kappa shape index (κ2) is 9.07. The SMILES string of the molecule is CN(CCO)c1ccc(-c2cc3nccnc3c(NCC3CNCCC3(F)F)n2)cc1. The van der Waals surface area contributed by atoms with Crippen LogP contribution in [0.2, 0.25) is 0 Å². The minimum absolute atomic E-state index is 0.0771. The first-order valence-corrected chi connectivity index (χ1v) is 10.3. The van der Waals surface area contributed by atoms with Gasteiger partial charge in [0.15, 0.2) is 5.82 Å². The molecule has 1 unspecified atom stereocenters. The highest BCUT2D eigenvalue weighted by Crippen LogP contribution is 2.32.